The maximum atomic E-state index is 12.3. The topological polar surface area (TPSA) is 51.2 Å². The highest BCUT2D eigenvalue weighted by molar-refractivity contribution is 7.09. The molecule has 4 nitrogen and oxygen atoms in total. The molecule has 0 unspecified atom stereocenters. The molecule has 0 bridgehead atoms. The second kappa shape index (κ2) is 7.35. The second-order valence-corrected chi connectivity index (χ2v) is 7.29. The zero-order chi connectivity index (χ0) is 15.4. The van der Waals surface area contributed by atoms with Gasteiger partial charge in [0.2, 0.25) is 5.91 Å². The number of ether oxygens (including phenoxy) is 1. The zero-order valence-electron chi connectivity index (χ0n) is 12.6. The van der Waals surface area contributed by atoms with Gasteiger partial charge >= 0.3 is 0 Å². The molecule has 3 rings (SSSR count). The number of carbonyl (C=O) groups excluding carboxylic acids is 1. The quantitative estimate of drug-likeness (QED) is 0.878. The van der Waals surface area contributed by atoms with Gasteiger partial charge in [0.05, 0.1) is 18.6 Å². The van der Waals surface area contributed by atoms with Crippen LogP contribution in [-0.2, 0) is 16.0 Å². The van der Waals surface area contributed by atoms with E-state index in [0.717, 1.165) is 36.6 Å². The van der Waals surface area contributed by atoms with Crippen LogP contribution in [0.3, 0.4) is 0 Å². The Balaban J connectivity index is 1.66. The molecule has 1 saturated heterocycles. The van der Waals surface area contributed by atoms with E-state index in [1.165, 1.54) is 5.56 Å². The van der Waals surface area contributed by atoms with Crippen LogP contribution in [0.25, 0.3) is 0 Å². The number of hydrogen-bond acceptors (Lipinski definition) is 5. The van der Waals surface area contributed by atoms with E-state index in [4.69, 9.17) is 4.74 Å². The summed E-state index contributed by atoms with van der Waals surface area (Å²) in [7, 11) is 0. The van der Waals surface area contributed by atoms with E-state index in [2.05, 4.69) is 27.1 Å². The number of nitrogens with one attached hydrogen (secondary N) is 1. The Hall–Kier alpha value is -1.24. The number of carbonyl (C=O) groups is 1. The van der Waals surface area contributed by atoms with Gasteiger partial charge in [-0.1, -0.05) is 0 Å². The van der Waals surface area contributed by atoms with Crippen LogP contribution in [0.15, 0.2) is 22.2 Å². The molecule has 0 saturated carbocycles. The number of hydrogen-bond donors (Lipinski definition) is 1. The van der Waals surface area contributed by atoms with Gasteiger partial charge in [-0.15, -0.1) is 11.3 Å². The van der Waals surface area contributed by atoms with Crippen LogP contribution in [0, 0.1) is 6.92 Å². The van der Waals surface area contributed by atoms with Crippen molar-refractivity contribution < 1.29 is 9.53 Å². The molecule has 1 amide bonds. The predicted octanol–water partition coefficient (Wildman–Crippen LogP) is 3.48. The number of thiazole rings is 1. The van der Waals surface area contributed by atoms with Crippen LogP contribution in [0.5, 0.6) is 0 Å². The summed E-state index contributed by atoms with van der Waals surface area (Å²) in [5, 5.41) is 10.3. The highest BCUT2D eigenvalue weighted by atomic mass is 32.1. The lowest BCUT2D eigenvalue weighted by Gasteiger charge is -2.17. The van der Waals surface area contributed by atoms with E-state index >= 15 is 0 Å². The number of rotatable bonds is 6. The Labute approximate surface area is 138 Å². The molecule has 3 heterocycles. The third kappa shape index (κ3) is 4.15. The Morgan fingerprint density at radius 1 is 1.55 bits per heavy atom. The van der Waals surface area contributed by atoms with Gasteiger partial charge in [0.15, 0.2) is 0 Å². The van der Waals surface area contributed by atoms with Gasteiger partial charge in [0, 0.05) is 24.1 Å². The largest absolute Gasteiger partial charge is 0.378 e. The molecule has 0 aromatic carbocycles. The van der Waals surface area contributed by atoms with Crippen molar-refractivity contribution >= 4 is 28.6 Å². The molecule has 2 atom stereocenters. The summed E-state index contributed by atoms with van der Waals surface area (Å²) in [5.41, 5.74) is 2.24. The number of aromatic nitrogens is 1. The van der Waals surface area contributed by atoms with E-state index in [1.54, 1.807) is 22.7 Å². The van der Waals surface area contributed by atoms with E-state index < -0.39 is 0 Å². The molecule has 1 N–H and O–H groups in total. The SMILES string of the molecule is Cc1csc([C@@H](Cc2ccsc2)NC(=O)C[C@@H]2CCCO2)n1. The lowest BCUT2D eigenvalue weighted by molar-refractivity contribution is -0.124. The molecule has 0 spiro atoms. The number of amides is 1. The van der Waals surface area contributed by atoms with Crippen LogP contribution in [-0.4, -0.2) is 23.6 Å². The Bertz CT molecular complexity index is 603. The fraction of sp³-hybridized carbons (Fsp3) is 0.500. The first kappa shape index (κ1) is 15.6. The lowest BCUT2D eigenvalue weighted by Crippen LogP contribution is -2.32. The molecule has 0 radical (unpaired) electrons. The normalized spacial score (nSPS) is 19.2. The van der Waals surface area contributed by atoms with E-state index in [-0.39, 0.29) is 18.1 Å². The molecular formula is C16H20N2O2S2. The maximum absolute atomic E-state index is 12.3. The first-order valence-corrected chi connectivity index (χ1v) is 9.37. The maximum Gasteiger partial charge on any atom is 0.223 e. The summed E-state index contributed by atoms with van der Waals surface area (Å²) < 4.78 is 5.55. The number of thiophene rings is 1. The van der Waals surface area contributed by atoms with Crippen LogP contribution < -0.4 is 5.32 Å². The molecule has 1 fully saturated rings. The first-order chi connectivity index (χ1) is 10.7. The van der Waals surface area contributed by atoms with E-state index in [1.807, 2.05) is 12.3 Å². The summed E-state index contributed by atoms with van der Waals surface area (Å²) in [4.78, 5) is 16.9. The van der Waals surface area contributed by atoms with Gasteiger partial charge in [0.25, 0.3) is 0 Å². The van der Waals surface area contributed by atoms with Gasteiger partial charge in [-0.05, 0) is 42.2 Å². The van der Waals surface area contributed by atoms with E-state index in [0.29, 0.717) is 6.42 Å². The van der Waals surface area contributed by atoms with Crippen molar-refractivity contribution in [3.05, 3.63) is 38.5 Å². The minimum atomic E-state index is -0.0535. The predicted molar refractivity (Wildman–Crippen MR) is 89.3 cm³/mol. The highest BCUT2D eigenvalue weighted by Gasteiger charge is 2.23. The van der Waals surface area contributed by atoms with Crippen LogP contribution in [0.2, 0.25) is 0 Å². The molecule has 6 heteroatoms. The molecular weight excluding hydrogens is 316 g/mol. The molecule has 0 aliphatic carbocycles. The minimum absolute atomic E-state index is 0.0535. The summed E-state index contributed by atoms with van der Waals surface area (Å²) in [6.07, 6.45) is 3.36. The van der Waals surface area contributed by atoms with Crippen molar-refractivity contribution in [2.45, 2.75) is 44.8 Å². The van der Waals surface area contributed by atoms with Crippen molar-refractivity contribution in [2.24, 2.45) is 0 Å². The monoisotopic (exact) mass is 336 g/mol. The Morgan fingerprint density at radius 3 is 3.09 bits per heavy atom. The molecule has 118 valence electrons. The van der Waals surface area contributed by atoms with Crippen molar-refractivity contribution in [3.63, 3.8) is 0 Å². The molecule has 22 heavy (non-hydrogen) atoms. The first-order valence-electron chi connectivity index (χ1n) is 7.55. The molecule has 2 aromatic rings. The van der Waals surface area contributed by atoms with Gasteiger partial charge in [-0.2, -0.15) is 11.3 Å². The molecule has 1 aliphatic rings. The van der Waals surface area contributed by atoms with Crippen LogP contribution in [0.4, 0.5) is 0 Å². The minimum Gasteiger partial charge on any atom is -0.378 e. The fourth-order valence-corrected chi connectivity index (χ4v) is 4.17. The lowest BCUT2D eigenvalue weighted by atomic mass is 10.1. The van der Waals surface area contributed by atoms with Gasteiger partial charge in [-0.25, -0.2) is 4.98 Å². The van der Waals surface area contributed by atoms with Crippen molar-refractivity contribution in [3.8, 4) is 0 Å². The molecule has 1 aliphatic heterocycles. The fourth-order valence-electron chi connectivity index (χ4n) is 2.64. The summed E-state index contributed by atoms with van der Waals surface area (Å²) in [6.45, 7) is 2.76. The highest BCUT2D eigenvalue weighted by Crippen LogP contribution is 2.24. The van der Waals surface area contributed by atoms with Crippen molar-refractivity contribution in [1.82, 2.24) is 10.3 Å². The standard InChI is InChI=1S/C16H20N2O2S2/c1-11-9-22-16(17-11)14(7-12-4-6-21-10-12)18-15(19)8-13-3-2-5-20-13/h4,6,9-10,13-14H,2-3,5,7-8H2,1H3,(H,18,19)/t13-,14+/m0/s1. The third-order valence-corrected chi connectivity index (χ3v) is 5.54. The van der Waals surface area contributed by atoms with Gasteiger partial charge in [-0.3, -0.25) is 4.79 Å². The molecule has 2 aromatic heterocycles. The summed E-state index contributed by atoms with van der Waals surface area (Å²) in [5.74, 6) is 0.0555. The smallest absolute Gasteiger partial charge is 0.223 e. The average Bonchev–Trinajstić information content (AvgIpc) is 3.20. The average molecular weight is 336 g/mol. The van der Waals surface area contributed by atoms with Crippen LogP contribution >= 0.6 is 22.7 Å². The zero-order valence-corrected chi connectivity index (χ0v) is 14.2. The van der Waals surface area contributed by atoms with E-state index in [9.17, 15) is 4.79 Å². The Morgan fingerprint density at radius 2 is 2.45 bits per heavy atom. The second-order valence-electron chi connectivity index (χ2n) is 5.62. The van der Waals surface area contributed by atoms with Crippen molar-refractivity contribution in [1.29, 1.82) is 0 Å². The van der Waals surface area contributed by atoms with Gasteiger partial charge < -0.3 is 10.1 Å². The number of aryl methyl sites for hydroxylation is 1. The summed E-state index contributed by atoms with van der Waals surface area (Å²) >= 11 is 3.29. The van der Waals surface area contributed by atoms with Crippen molar-refractivity contribution in [2.75, 3.05) is 6.61 Å². The van der Waals surface area contributed by atoms with Gasteiger partial charge in [0.1, 0.15) is 5.01 Å². The van der Waals surface area contributed by atoms with Crippen LogP contribution in [0.1, 0.15) is 41.6 Å². The third-order valence-electron chi connectivity index (χ3n) is 3.73. The number of nitrogens with zero attached hydrogens (tertiary/aromatic N) is 1. The Kier molecular flexibility index (Phi) is 5.23. The summed E-state index contributed by atoms with van der Waals surface area (Å²) in [6, 6.07) is 2.05.